The molecule has 0 aliphatic carbocycles. The van der Waals surface area contributed by atoms with E-state index in [0.717, 1.165) is 44.6 Å². The second-order valence-corrected chi connectivity index (χ2v) is 8.39. The van der Waals surface area contributed by atoms with Gasteiger partial charge in [-0.2, -0.15) is 0 Å². The number of likely N-dealkylation sites (N-methyl/N-ethyl adjacent to an activating group) is 1. The van der Waals surface area contributed by atoms with Crippen molar-refractivity contribution in [3.8, 4) is 5.75 Å². The van der Waals surface area contributed by atoms with Crippen molar-refractivity contribution in [3.63, 3.8) is 0 Å². The molecule has 168 valence electrons. The quantitative estimate of drug-likeness (QED) is 0.497. The van der Waals surface area contributed by atoms with Gasteiger partial charge in [-0.3, -0.25) is 9.69 Å². The van der Waals surface area contributed by atoms with E-state index in [9.17, 15) is 9.18 Å². The van der Waals surface area contributed by atoms with Crippen molar-refractivity contribution in [2.75, 3.05) is 47.4 Å². The third-order valence-corrected chi connectivity index (χ3v) is 5.10. The summed E-state index contributed by atoms with van der Waals surface area (Å²) >= 11 is 0. The smallest absolute Gasteiger partial charge is 0.243 e. The summed E-state index contributed by atoms with van der Waals surface area (Å²) < 4.78 is 18.9. The van der Waals surface area contributed by atoms with E-state index in [1.54, 1.807) is 31.1 Å². The SMILES string of the molecule is COc1ccc(CN2CCC(NC(=NCC(=O)N(C)C)NCC(C)C)CC2)cc1F. The van der Waals surface area contributed by atoms with E-state index in [4.69, 9.17) is 4.74 Å². The predicted octanol–water partition coefficient (Wildman–Crippen LogP) is 2.08. The van der Waals surface area contributed by atoms with Crippen molar-refractivity contribution in [2.45, 2.75) is 39.3 Å². The summed E-state index contributed by atoms with van der Waals surface area (Å²) in [5, 5.41) is 6.81. The highest BCUT2D eigenvalue weighted by atomic mass is 19.1. The van der Waals surface area contributed by atoms with Crippen molar-refractivity contribution in [3.05, 3.63) is 29.6 Å². The fourth-order valence-electron chi connectivity index (χ4n) is 3.24. The Morgan fingerprint density at radius 3 is 2.60 bits per heavy atom. The molecule has 0 spiro atoms. The average molecular weight is 422 g/mol. The van der Waals surface area contributed by atoms with Gasteiger partial charge in [-0.15, -0.1) is 0 Å². The number of benzene rings is 1. The number of carbonyl (C=O) groups excluding carboxylic acids is 1. The third kappa shape index (κ3) is 7.82. The first-order valence-corrected chi connectivity index (χ1v) is 10.6. The molecule has 0 aromatic heterocycles. The maximum Gasteiger partial charge on any atom is 0.243 e. The van der Waals surface area contributed by atoms with Gasteiger partial charge < -0.3 is 20.3 Å². The van der Waals surface area contributed by atoms with Crippen LogP contribution in [0, 0.1) is 11.7 Å². The van der Waals surface area contributed by atoms with E-state index in [1.165, 1.54) is 7.11 Å². The molecule has 0 unspecified atom stereocenters. The molecular formula is C22H36FN5O2. The van der Waals surface area contributed by atoms with Gasteiger partial charge in [0, 0.05) is 46.3 Å². The van der Waals surface area contributed by atoms with Gasteiger partial charge in [0.15, 0.2) is 17.5 Å². The maximum atomic E-state index is 13.9. The molecule has 1 aliphatic rings. The van der Waals surface area contributed by atoms with Crippen molar-refractivity contribution in [1.29, 1.82) is 0 Å². The highest BCUT2D eigenvalue weighted by Crippen LogP contribution is 2.20. The third-order valence-electron chi connectivity index (χ3n) is 5.10. The first-order chi connectivity index (χ1) is 14.3. The number of methoxy groups -OCH3 is 1. The normalized spacial score (nSPS) is 15.9. The molecule has 7 nitrogen and oxygen atoms in total. The summed E-state index contributed by atoms with van der Waals surface area (Å²) in [5.41, 5.74) is 0.947. The summed E-state index contributed by atoms with van der Waals surface area (Å²) in [4.78, 5) is 20.2. The number of halogens is 1. The number of hydrogen-bond donors (Lipinski definition) is 2. The van der Waals surface area contributed by atoms with Gasteiger partial charge in [0.1, 0.15) is 6.54 Å². The van der Waals surface area contributed by atoms with Crippen LogP contribution < -0.4 is 15.4 Å². The molecule has 1 aromatic carbocycles. The molecule has 2 rings (SSSR count). The zero-order valence-corrected chi connectivity index (χ0v) is 18.9. The van der Waals surface area contributed by atoms with Gasteiger partial charge in [-0.05, 0) is 36.5 Å². The molecule has 1 fully saturated rings. The summed E-state index contributed by atoms with van der Waals surface area (Å²) in [7, 11) is 4.94. The van der Waals surface area contributed by atoms with E-state index in [1.807, 2.05) is 6.07 Å². The minimum Gasteiger partial charge on any atom is -0.494 e. The van der Waals surface area contributed by atoms with E-state index < -0.39 is 0 Å². The number of amides is 1. The Bertz CT molecular complexity index is 715. The first-order valence-electron chi connectivity index (χ1n) is 10.6. The molecule has 1 aliphatic heterocycles. The molecule has 8 heteroatoms. The van der Waals surface area contributed by atoms with Gasteiger partial charge in [0.25, 0.3) is 0 Å². The molecule has 1 heterocycles. The van der Waals surface area contributed by atoms with E-state index in [-0.39, 0.29) is 24.0 Å². The molecule has 1 aromatic rings. The van der Waals surface area contributed by atoms with Crippen molar-refractivity contribution in [2.24, 2.45) is 10.9 Å². The van der Waals surface area contributed by atoms with Crippen LogP contribution in [0.4, 0.5) is 4.39 Å². The topological polar surface area (TPSA) is 69.2 Å². The van der Waals surface area contributed by atoms with Crippen molar-refractivity contribution in [1.82, 2.24) is 20.4 Å². The van der Waals surface area contributed by atoms with Gasteiger partial charge >= 0.3 is 0 Å². The van der Waals surface area contributed by atoms with Crippen LogP contribution in [0.3, 0.4) is 0 Å². The molecule has 1 amide bonds. The highest BCUT2D eigenvalue weighted by Gasteiger charge is 2.21. The molecule has 30 heavy (non-hydrogen) atoms. The number of piperidine rings is 1. The number of ether oxygens (including phenoxy) is 1. The van der Waals surface area contributed by atoms with Crippen LogP contribution >= 0.6 is 0 Å². The Labute approximate surface area is 179 Å². The zero-order chi connectivity index (χ0) is 22.1. The van der Waals surface area contributed by atoms with Crippen LogP contribution in [0.25, 0.3) is 0 Å². The van der Waals surface area contributed by atoms with Crippen LogP contribution in [-0.4, -0.2) is 75.1 Å². The van der Waals surface area contributed by atoms with Crippen LogP contribution in [0.5, 0.6) is 5.75 Å². The summed E-state index contributed by atoms with van der Waals surface area (Å²) in [6.07, 6.45) is 1.92. The number of carbonyl (C=O) groups is 1. The van der Waals surface area contributed by atoms with E-state index in [0.29, 0.717) is 17.9 Å². The Morgan fingerprint density at radius 2 is 2.03 bits per heavy atom. The number of aliphatic imine (C=N–C) groups is 1. The molecular weight excluding hydrogens is 385 g/mol. The first kappa shape index (κ1) is 23.9. The lowest BCUT2D eigenvalue weighted by Gasteiger charge is -2.33. The second-order valence-electron chi connectivity index (χ2n) is 8.39. The number of nitrogens with one attached hydrogen (secondary N) is 2. The molecule has 0 radical (unpaired) electrons. The van der Waals surface area contributed by atoms with Crippen LogP contribution in [-0.2, 0) is 11.3 Å². The summed E-state index contributed by atoms with van der Waals surface area (Å²) in [5.74, 6) is 1.09. The molecule has 1 saturated heterocycles. The molecule has 0 atom stereocenters. The molecule has 0 saturated carbocycles. The van der Waals surface area contributed by atoms with Gasteiger partial charge in [0.2, 0.25) is 5.91 Å². The monoisotopic (exact) mass is 421 g/mol. The maximum absolute atomic E-state index is 13.9. The summed E-state index contributed by atoms with van der Waals surface area (Å²) in [6, 6.07) is 5.43. The lowest BCUT2D eigenvalue weighted by atomic mass is 10.0. The molecule has 0 bridgehead atoms. The number of hydrogen-bond acceptors (Lipinski definition) is 4. The zero-order valence-electron chi connectivity index (χ0n) is 18.9. The summed E-state index contributed by atoms with van der Waals surface area (Å²) in [6.45, 7) is 7.74. The Kier molecular flexibility index (Phi) is 9.36. The standard InChI is InChI=1S/C22H36FN5O2/c1-16(2)13-24-22(25-14-21(29)27(3)4)26-18-8-10-28(11-9-18)15-17-6-7-20(30-5)19(23)12-17/h6-7,12,16,18H,8-11,13-15H2,1-5H3,(H2,24,25,26). The Balaban J connectivity index is 1.87. The van der Waals surface area contributed by atoms with Crippen LogP contribution in [0.1, 0.15) is 32.3 Å². The minimum absolute atomic E-state index is 0.0257. The fraction of sp³-hybridized carbons (Fsp3) is 0.636. The molecule has 2 N–H and O–H groups in total. The van der Waals surface area contributed by atoms with Crippen molar-refractivity contribution < 1.29 is 13.9 Å². The average Bonchev–Trinajstić information content (AvgIpc) is 2.71. The largest absolute Gasteiger partial charge is 0.494 e. The van der Waals surface area contributed by atoms with E-state index in [2.05, 4.69) is 34.4 Å². The van der Waals surface area contributed by atoms with Crippen LogP contribution in [0.2, 0.25) is 0 Å². The number of rotatable bonds is 8. The van der Waals surface area contributed by atoms with Gasteiger partial charge in [-0.25, -0.2) is 9.38 Å². The van der Waals surface area contributed by atoms with Gasteiger partial charge in [0.05, 0.1) is 7.11 Å². The number of guanidine groups is 1. The number of nitrogens with zero attached hydrogens (tertiary/aromatic N) is 3. The lowest BCUT2D eigenvalue weighted by molar-refractivity contribution is -0.127. The minimum atomic E-state index is -0.323. The van der Waals surface area contributed by atoms with Crippen molar-refractivity contribution >= 4 is 11.9 Å². The van der Waals surface area contributed by atoms with Crippen LogP contribution in [0.15, 0.2) is 23.2 Å². The highest BCUT2D eigenvalue weighted by molar-refractivity contribution is 5.84. The van der Waals surface area contributed by atoms with Gasteiger partial charge in [-0.1, -0.05) is 19.9 Å². The second kappa shape index (κ2) is 11.7. The predicted molar refractivity (Wildman–Crippen MR) is 118 cm³/mol. The Hall–Kier alpha value is -2.35. The fourth-order valence-corrected chi connectivity index (χ4v) is 3.24. The van der Waals surface area contributed by atoms with E-state index >= 15 is 0 Å². The lowest BCUT2D eigenvalue weighted by Crippen LogP contribution is -2.49. The number of likely N-dealkylation sites (tertiary alicyclic amines) is 1. The Morgan fingerprint density at radius 1 is 1.33 bits per heavy atom.